The highest BCUT2D eigenvalue weighted by Gasteiger charge is 2.24. The minimum atomic E-state index is -0.694. The van der Waals surface area contributed by atoms with Crippen LogP contribution in [0.1, 0.15) is 18.5 Å². The second kappa shape index (κ2) is 7.57. The molecule has 0 aliphatic carbocycles. The molecule has 2 aromatic rings. The minimum absolute atomic E-state index is 0. The molecule has 1 saturated heterocycles. The van der Waals surface area contributed by atoms with E-state index in [0.717, 1.165) is 24.5 Å². The Morgan fingerprint density at radius 2 is 1.87 bits per heavy atom. The van der Waals surface area contributed by atoms with Crippen molar-refractivity contribution in [2.24, 2.45) is 5.92 Å². The standard InChI is InChI=1S/C16H18FN3O2.ClH/c17-13-1-3-15(4-2-13)20-10-7-14(18-20)11-19-8-5-12(6-9-19)16(21)22;/h1-4,7,10,12H,5-6,8-9,11H2,(H,21,22);1H. The fourth-order valence-electron chi connectivity index (χ4n) is 2.75. The maximum Gasteiger partial charge on any atom is 0.306 e. The van der Waals surface area contributed by atoms with Crippen molar-refractivity contribution in [2.75, 3.05) is 13.1 Å². The Morgan fingerprint density at radius 1 is 1.22 bits per heavy atom. The van der Waals surface area contributed by atoms with Crippen molar-refractivity contribution in [3.8, 4) is 5.69 Å². The molecule has 1 fully saturated rings. The Morgan fingerprint density at radius 3 is 2.48 bits per heavy atom. The average molecular weight is 340 g/mol. The minimum Gasteiger partial charge on any atom is -0.481 e. The van der Waals surface area contributed by atoms with E-state index < -0.39 is 5.97 Å². The Kier molecular flexibility index (Phi) is 5.74. The molecule has 3 rings (SSSR count). The number of hydrogen-bond donors (Lipinski definition) is 1. The van der Waals surface area contributed by atoms with Crippen molar-refractivity contribution < 1.29 is 14.3 Å². The first kappa shape index (κ1) is 17.4. The third-order valence-corrected chi connectivity index (χ3v) is 4.06. The van der Waals surface area contributed by atoms with Gasteiger partial charge in [0.15, 0.2) is 0 Å². The fraction of sp³-hybridized carbons (Fsp3) is 0.375. The van der Waals surface area contributed by atoms with Gasteiger partial charge in [0.05, 0.1) is 17.3 Å². The largest absolute Gasteiger partial charge is 0.481 e. The van der Waals surface area contributed by atoms with Crippen LogP contribution >= 0.6 is 12.4 Å². The van der Waals surface area contributed by atoms with Gasteiger partial charge < -0.3 is 5.11 Å². The van der Waals surface area contributed by atoms with Crippen LogP contribution in [0.2, 0.25) is 0 Å². The molecule has 0 spiro atoms. The Balaban J connectivity index is 0.00000192. The molecule has 0 unspecified atom stereocenters. The van der Waals surface area contributed by atoms with Crippen molar-refractivity contribution in [1.82, 2.24) is 14.7 Å². The van der Waals surface area contributed by atoms with E-state index in [0.29, 0.717) is 19.4 Å². The lowest BCUT2D eigenvalue weighted by Gasteiger charge is -2.29. The molecule has 0 saturated carbocycles. The molecule has 5 nitrogen and oxygen atoms in total. The van der Waals surface area contributed by atoms with Crippen LogP contribution in [0.15, 0.2) is 36.5 Å². The Hall–Kier alpha value is -1.92. The molecule has 7 heteroatoms. The maximum atomic E-state index is 12.9. The first-order valence-electron chi connectivity index (χ1n) is 7.37. The molecule has 1 aromatic heterocycles. The van der Waals surface area contributed by atoms with E-state index in [2.05, 4.69) is 10.00 Å². The van der Waals surface area contributed by atoms with Crippen LogP contribution in [0, 0.1) is 11.7 Å². The normalized spacial score (nSPS) is 16.0. The lowest BCUT2D eigenvalue weighted by molar-refractivity contribution is -0.143. The molecule has 1 N–H and O–H groups in total. The van der Waals surface area contributed by atoms with E-state index in [4.69, 9.17) is 5.11 Å². The van der Waals surface area contributed by atoms with E-state index >= 15 is 0 Å². The van der Waals surface area contributed by atoms with Crippen molar-refractivity contribution in [2.45, 2.75) is 19.4 Å². The first-order valence-corrected chi connectivity index (χ1v) is 7.37. The predicted octanol–water partition coefficient (Wildman–Crippen LogP) is 2.73. The van der Waals surface area contributed by atoms with Gasteiger partial charge in [-0.3, -0.25) is 9.69 Å². The van der Waals surface area contributed by atoms with Crippen LogP contribution in [0.3, 0.4) is 0 Å². The monoisotopic (exact) mass is 339 g/mol. The predicted molar refractivity (Wildman–Crippen MR) is 86.4 cm³/mol. The second-order valence-electron chi connectivity index (χ2n) is 5.62. The van der Waals surface area contributed by atoms with Crippen molar-refractivity contribution >= 4 is 18.4 Å². The van der Waals surface area contributed by atoms with Gasteiger partial charge in [-0.25, -0.2) is 9.07 Å². The van der Waals surface area contributed by atoms with Crippen LogP contribution in [0.4, 0.5) is 4.39 Å². The van der Waals surface area contributed by atoms with Gasteiger partial charge in [0, 0.05) is 12.7 Å². The van der Waals surface area contributed by atoms with E-state index in [9.17, 15) is 9.18 Å². The highest BCUT2D eigenvalue weighted by atomic mass is 35.5. The zero-order chi connectivity index (χ0) is 15.5. The number of carboxylic acids is 1. The summed E-state index contributed by atoms with van der Waals surface area (Å²) in [6.45, 7) is 2.27. The second-order valence-corrected chi connectivity index (χ2v) is 5.62. The number of carboxylic acid groups (broad SMARTS) is 1. The van der Waals surface area contributed by atoms with Crippen molar-refractivity contribution in [3.05, 3.63) is 48.0 Å². The number of carbonyl (C=O) groups is 1. The molecule has 1 aliphatic heterocycles. The molecular weight excluding hydrogens is 321 g/mol. The van der Waals surface area contributed by atoms with Gasteiger partial charge in [-0.15, -0.1) is 12.4 Å². The van der Waals surface area contributed by atoms with Gasteiger partial charge in [0.25, 0.3) is 0 Å². The van der Waals surface area contributed by atoms with Gasteiger partial charge in [0.1, 0.15) is 5.82 Å². The van der Waals surface area contributed by atoms with Gasteiger partial charge >= 0.3 is 5.97 Å². The Bertz CT molecular complexity index is 652. The van der Waals surface area contributed by atoms with Gasteiger partial charge in [-0.1, -0.05) is 0 Å². The van der Waals surface area contributed by atoms with Gasteiger partial charge in [-0.2, -0.15) is 5.10 Å². The molecule has 0 bridgehead atoms. The van der Waals surface area contributed by atoms with Crippen molar-refractivity contribution in [3.63, 3.8) is 0 Å². The molecule has 2 heterocycles. The lowest BCUT2D eigenvalue weighted by atomic mass is 9.97. The summed E-state index contributed by atoms with van der Waals surface area (Å²) in [5.41, 5.74) is 1.75. The fourth-order valence-corrected chi connectivity index (χ4v) is 2.75. The van der Waals surface area contributed by atoms with E-state index in [1.165, 1.54) is 12.1 Å². The zero-order valence-corrected chi connectivity index (χ0v) is 13.4. The van der Waals surface area contributed by atoms with Crippen LogP contribution in [0.5, 0.6) is 0 Å². The number of benzene rings is 1. The Labute approximate surface area is 140 Å². The highest BCUT2D eigenvalue weighted by molar-refractivity contribution is 5.85. The third kappa shape index (κ3) is 4.30. The number of halogens is 2. The van der Waals surface area contributed by atoms with E-state index in [1.807, 2.05) is 12.3 Å². The SMILES string of the molecule is Cl.O=C(O)C1CCN(Cc2ccn(-c3ccc(F)cc3)n2)CC1. The summed E-state index contributed by atoms with van der Waals surface area (Å²) in [6.07, 6.45) is 3.23. The molecule has 0 atom stereocenters. The summed E-state index contributed by atoms with van der Waals surface area (Å²) < 4.78 is 14.6. The summed E-state index contributed by atoms with van der Waals surface area (Å²) in [7, 11) is 0. The van der Waals surface area contributed by atoms with Crippen LogP contribution in [-0.4, -0.2) is 38.8 Å². The third-order valence-electron chi connectivity index (χ3n) is 4.06. The molecule has 1 aromatic carbocycles. The molecule has 23 heavy (non-hydrogen) atoms. The molecular formula is C16H19ClFN3O2. The summed E-state index contributed by atoms with van der Waals surface area (Å²) in [5.74, 6) is -1.18. The number of aromatic nitrogens is 2. The van der Waals surface area contributed by atoms with Crippen molar-refractivity contribution in [1.29, 1.82) is 0 Å². The molecule has 1 aliphatic rings. The topological polar surface area (TPSA) is 58.4 Å². The van der Waals surface area contributed by atoms with Gasteiger partial charge in [-0.05, 0) is 56.3 Å². The number of nitrogens with zero attached hydrogens (tertiary/aromatic N) is 3. The molecule has 0 radical (unpaired) electrons. The van der Waals surface area contributed by atoms with E-state index in [-0.39, 0.29) is 24.1 Å². The quantitative estimate of drug-likeness (QED) is 0.930. The summed E-state index contributed by atoms with van der Waals surface area (Å²) in [5, 5.41) is 13.5. The number of rotatable bonds is 4. The van der Waals surface area contributed by atoms with E-state index in [1.54, 1.807) is 16.8 Å². The smallest absolute Gasteiger partial charge is 0.306 e. The molecule has 124 valence electrons. The number of piperidine rings is 1. The highest BCUT2D eigenvalue weighted by Crippen LogP contribution is 2.19. The van der Waals surface area contributed by atoms with Gasteiger partial charge in [0.2, 0.25) is 0 Å². The number of hydrogen-bond acceptors (Lipinski definition) is 3. The summed E-state index contributed by atoms with van der Waals surface area (Å²) in [6, 6.07) is 8.13. The van der Waals surface area contributed by atoms with Crippen LogP contribution < -0.4 is 0 Å². The lowest BCUT2D eigenvalue weighted by Crippen LogP contribution is -2.35. The van der Waals surface area contributed by atoms with Crippen LogP contribution in [0.25, 0.3) is 5.69 Å². The zero-order valence-electron chi connectivity index (χ0n) is 12.6. The summed E-state index contributed by atoms with van der Waals surface area (Å²) in [4.78, 5) is 13.2. The number of likely N-dealkylation sites (tertiary alicyclic amines) is 1. The maximum absolute atomic E-state index is 12.9. The summed E-state index contributed by atoms with van der Waals surface area (Å²) >= 11 is 0. The average Bonchev–Trinajstić information content (AvgIpc) is 2.97. The van der Waals surface area contributed by atoms with Crippen LogP contribution in [-0.2, 0) is 11.3 Å². The number of aliphatic carboxylic acids is 1. The molecule has 0 amide bonds. The first-order chi connectivity index (χ1) is 10.6.